The molecule has 1 fully saturated rings. The number of aryl methyl sites for hydroxylation is 1. The number of nitrogens with zero attached hydrogens (tertiary/aromatic N) is 4. The second kappa shape index (κ2) is 6.07. The van der Waals surface area contributed by atoms with Crippen molar-refractivity contribution in [3.8, 4) is 5.75 Å². The molecule has 0 aliphatic heterocycles. The van der Waals surface area contributed by atoms with Crippen molar-refractivity contribution in [2.75, 3.05) is 0 Å². The zero-order chi connectivity index (χ0) is 16.5. The topological polar surface area (TPSA) is 83.0 Å². The number of fused-ring (bicyclic) bond motifs is 1. The SMILES string of the molecule is Cn1cnc2ccc(OCc3nc(C4CCCC4)no3)cc2c1=O. The van der Waals surface area contributed by atoms with Crippen molar-refractivity contribution in [1.82, 2.24) is 19.7 Å². The summed E-state index contributed by atoms with van der Waals surface area (Å²) in [6.45, 7) is 0.186. The van der Waals surface area contributed by atoms with Crippen LogP contribution in [0.4, 0.5) is 0 Å². The van der Waals surface area contributed by atoms with Gasteiger partial charge in [0.05, 0.1) is 17.2 Å². The van der Waals surface area contributed by atoms with Crippen LogP contribution >= 0.6 is 0 Å². The lowest BCUT2D eigenvalue weighted by molar-refractivity contribution is 0.242. The summed E-state index contributed by atoms with van der Waals surface area (Å²) in [6.07, 6.45) is 6.21. The second-order valence-electron chi connectivity index (χ2n) is 6.16. The molecule has 0 spiro atoms. The van der Waals surface area contributed by atoms with Crippen LogP contribution in [0.2, 0.25) is 0 Å². The fraction of sp³-hybridized carbons (Fsp3) is 0.412. The highest BCUT2D eigenvalue weighted by Crippen LogP contribution is 2.32. The third kappa shape index (κ3) is 2.77. The third-order valence-electron chi connectivity index (χ3n) is 4.46. The van der Waals surface area contributed by atoms with E-state index in [0.29, 0.717) is 28.5 Å². The fourth-order valence-corrected chi connectivity index (χ4v) is 3.10. The molecule has 2 aromatic heterocycles. The molecule has 7 heteroatoms. The van der Waals surface area contributed by atoms with Gasteiger partial charge in [0.15, 0.2) is 12.4 Å². The van der Waals surface area contributed by atoms with Crippen molar-refractivity contribution in [3.05, 3.63) is 46.6 Å². The first-order valence-corrected chi connectivity index (χ1v) is 8.11. The number of hydrogen-bond acceptors (Lipinski definition) is 6. The van der Waals surface area contributed by atoms with Crippen LogP contribution in [0.1, 0.15) is 43.3 Å². The van der Waals surface area contributed by atoms with E-state index in [4.69, 9.17) is 9.26 Å². The van der Waals surface area contributed by atoms with Crippen LogP contribution in [0, 0.1) is 0 Å². The van der Waals surface area contributed by atoms with Crippen molar-refractivity contribution in [1.29, 1.82) is 0 Å². The summed E-state index contributed by atoms with van der Waals surface area (Å²) in [6, 6.07) is 5.24. The van der Waals surface area contributed by atoms with E-state index in [9.17, 15) is 4.79 Å². The molecule has 3 aromatic rings. The van der Waals surface area contributed by atoms with Crippen molar-refractivity contribution in [2.24, 2.45) is 7.05 Å². The number of ether oxygens (including phenoxy) is 1. The quantitative estimate of drug-likeness (QED) is 0.733. The second-order valence-corrected chi connectivity index (χ2v) is 6.16. The predicted molar refractivity (Wildman–Crippen MR) is 86.8 cm³/mol. The maximum Gasteiger partial charge on any atom is 0.264 e. The summed E-state index contributed by atoms with van der Waals surface area (Å²) in [5.41, 5.74) is 0.540. The van der Waals surface area contributed by atoms with E-state index in [-0.39, 0.29) is 12.2 Å². The first-order chi connectivity index (χ1) is 11.7. The summed E-state index contributed by atoms with van der Waals surface area (Å²) in [4.78, 5) is 20.8. The zero-order valence-corrected chi connectivity index (χ0v) is 13.4. The van der Waals surface area contributed by atoms with E-state index in [0.717, 1.165) is 18.7 Å². The minimum atomic E-state index is -0.105. The molecule has 1 aliphatic carbocycles. The molecule has 0 saturated heterocycles. The standard InChI is InChI=1S/C17H18N4O3/c1-21-10-18-14-7-6-12(8-13(14)17(21)22)23-9-15-19-16(20-24-15)11-4-2-3-5-11/h6-8,10-11H,2-5,9H2,1H3. The van der Waals surface area contributed by atoms with E-state index in [1.807, 2.05) is 0 Å². The summed E-state index contributed by atoms with van der Waals surface area (Å²) in [5.74, 6) is 2.23. The highest BCUT2D eigenvalue weighted by Gasteiger charge is 2.22. The van der Waals surface area contributed by atoms with Gasteiger partial charge in [0, 0.05) is 13.0 Å². The highest BCUT2D eigenvalue weighted by molar-refractivity contribution is 5.78. The average molecular weight is 326 g/mol. The largest absolute Gasteiger partial charge is 0.484 e. The lowest BCUT2D eigenvalue weighted by atomic mass is 10.1. The fourth-order valence-electron chi connectivity index (χ4n) is 3.10. The van der Waals surface area contributed by atoms with Gasteiger partial charge < -0.3 is 13.8 Å². The Kier molecular flexibility index (Phi) is 3.76. The van der Waals surface area contributed by atoms with Crippen LogP contribution in [-0.2, 0) is 13.7 Å². The lowest BCUT2D eigenvalue weighted by Gasteiger charge is -2.05. The van der Waals surface area contributed by atoms with Crippen LogP contribution in [0.5, 0.6) is 5.75 Å². The van der Waals surface area contributed by atoms with E-state index < -0.39 is 0 Å². The summed E-state index contributed by atoms with van der Waals surface area (Å²) >= 11 is 0. The van der Waals surface area contributed by atoms with E-state index in [2.05, 4.69) is 15.1 Å². The summed E-state index contributed by atoms with van der Waals surface area (Å²) in [7, 11) is 1.67. The molecule has 7 nitrogen and oxygen atoms in total. The van der Waals surface area contributed by atoms with Crippen molar-refractivity contribution in [2.45, 2.75) is 38.2 Å². The molecule has 0 amide bonds. The van der Waals surface area contributed by atoms with Gasteiger partial charge in [0.1, 0.15) is 5.75 Å². The third-order valence-corrected chi connectivity index (χ3v) is 4.46. The molecule has 1 aromatic carbocycles. The van der Waals surface area contributed by atoms with Gasteiger partial charge in [0.25, 0.3) is 11.4 Å². The number of aromatic nitrogens is 4. The van der Waals surface area contributed by atoms with Crippen molar-refractivity contribution >= 4 is 10.9 Å². The molecule has 124 valence electrons. The monoisotopic (exact) mass is 326 g/mol. The minimum Gasteiger partial charge on any atom is -0.484 e. The Morgan fingerprint density at radius 3 is 3.00 bits per heavy atom. The van der Waals surface area contributed by atoms with Crippen LogP contribution in [-0.4, -0.2) is 19.7 Å². The Morgan fingerprint density at radius 2 is 2.17 bits per heavy atom. The molecule has 1 aliphatic rings. The van der Waals surface area contributed by atoms with Gasteiger partial charge in [0.2, 0.25) is 0 Å². The number of rotatable bonds is 4. The Balaban J connectivity index is 1.50. The Hall–Kier alpha value is -2.70. The normalized spacial score (nSPS) is 15.2. The molecule has 24 heavy (non-hydrogen) atoms. The molecule has 2 heterocycles. The molecule has 0 atom stereocenters. The summed E-state index contributed by atoms with van der Waals surface area (Å²) in [5, 5.41) is 4.58. The Bertz CT molecular complexity index is 925. The van der Waals surface area contributed by atoms with Crippen LogP contribution < -0.4 is 10.3 Å². The van der Waals surface area contributed by atoms with Gasteiger partial charge in [-0.05, 0) is 31.0 Å². The molecule has 4 rings (SSSR count). The molecule has 0 unspecified atom stereocenters. The molecule has 1 saturated carbocycles. The zero-order valence-electron chi connectivity index (χ0n) is 13.4. The van der Waals surface area contributed by atoms with Gasteiger partial charge in [-0.3, -0.25) is 4.79 Å². The van der Waals surface area contributed by atoms with Crippen LogP contribution in [0.25, 0.3) is 10.9 Å². The highest BCUT2D eigenvalue weighted by atomic mass is 16.5. The van der Waals surface area contributed by atoms with Gasteiger partial charge in [-0.2, -0.15) is 4.98 Å². The predicted octanol–water partition coefficient (Wildman–Crippen LogP) is 2.55. The number of hydrogen-bond donors (Lipinski definition) is 0. The van der Waals surface area contributed by atoms with Crippen LogP contribution in [0.3, 0.4) is 0 Å². The van der Waals surface area contributed by atoms with Gasteiger partial charge in [-0.25, -0.2) is 4.98 Å². The molecule has 0 bridgehead atoms. The van der Waals surface area contributed by atoms with Gasteiger partial charge in [-0.1, -0.05) is 18.0 Å². The van der Waals surface area contributed by atoms with E-state index in [1.54, 1.807) is 25.2 Å². The smallest absolute Gasteiger partial charge is 0.264 e. The van der Waals surface area contributed by atoms with Crippen LogP contribution in [0.15, 0.2) is 33.8 Å². The first kappa shape index (κ1) is 14.9. The maximum atomic E-state index is 12.1. The molecular formula is C17H18N4O3. The molecular weight excluding hydrogens is 308 g/mol. The lowest BCUT2D eigenvalue weighted by Crippen LogP contribution is -2.16. The number of benzene rings is 1. The van der Waals surface area contributed by atoms with Crippen molar-refractivity contribution < 1.29 is 9.26 Å². The maximum absolute atomic E-state index is 12.1. The summed E-state index contributed by atoms with van der Waals surface area (Å²) < 4.78 is 12.4. The van der Waals surface area contributed by atoms with Gasteiger partial charge in [-0.15, -0.1) is 0 Å². The Morgan fingerprint density at radius 1 is 1.33 bits per heavy atom. The van der Waals surface area contributed by atoms with Gasteiger partial charge >= 0.3 is 0 Å². The first-order valence-electron chi connectivity index (χ1n) is 8.11. The van der Waals surface area contributed by atoms with E-state index >= 15 is 0 Å². The average Bonchev–Trinajstić information content (AvgIpc) is 3.27. The minimum absolute atomic E-state index is 0.105. The Labute approximate surface area is 138 Å². The van der Waals surface area contributed by atoms with E-state index in [1.165, 1.54) is 23.7 Å². The molecule has 0 N–H and O–H groups in total. The molecule has 0 radical (unpaired) electrons. The van der Waals surface area contributed by atoms with Crippen molar-refractivity contribution in [3.63, 3.8) is 0 Å².